The first-order chi connectivity index (χ1) is 9.33. The molecule has 1 aromatic carbocycles. The van der Waals surface area contributed by atoms with Gasteiger partial charge in [0.15, 0.2) is 5.78 Å². The largest absolute Gasteiger partial charge is 0.294 e. The summed E-state index contributed by atoms with van der Waals surface area (Å²) in [6.07, 6.45) is 9.57. The highest BCUT2D eigenvalue weighted by Crippen LogP contribution is 2.08. The molecule has 0 aromatic heterocycles. The van der Waals surface area contributed by atoms with Crippen LogP contribution in [0.5, 0.6) is 0 Å². The Morgan fingerprint density at radius 1 is 1.00 bits per heavy atom. The Morgan fingerprint density at radius 3 is 2.32 bits per heavy atom. The van der Waals surface area contributed by atoms with E-state index in [0.29, 0.717) is 12.2 Å². The van der Waals surface area contributed by atoms with Gasteiger partial charge in [0.05, 0.1) is 0 Å². The minimum Gasteiger partial charge on any atom is -0.294 e. The molecular formula is C17H25OP. The molecule has 0 aliphatic carbocycles. The molecule has 1 rings (SSSR count). The van der Waals surface area contributed by atoms with Crippen molar-refractivity contribution in [2.75, 3.05) is 0 Å². The van der Waals surface area contributed by atoms with Gasteiger partial charge in [-0.3, -0.25) is 4.79 Å². The van der Waals surface area contributed by atoms with E-state index in [1.807, 2.05) is 24.0 Å². The van der Waals surface area contributed by atoms with Crippen molar-refractivity contribution >= 4 is 25.1 Å². The van der Waals surface area contributed by atoms with Gasteiger partial charge in [-0.2, -0.15) is 0 Å². The number of benzene rings is 1. The lowest BCUT2D eigenvalue weighted by Crippen LogP contribution is -1.99. The molecule has 19 heavy (non-hydrogen) atoms. The van der Waals surface area contributed by atoms with E-state index >= 15 is 0 Å². The van der Waals surface area contributed by atoms with Gasteiger partial charge >= 0.3 is 0 Å². The van der Waals surface area contributed by atoms with Gasteiger partial charge in [-0.25, -0.2) is 0 Å². The highest BCUT2D eigenvalue weighted by molar-refractivity contribution is 7.49. The van der Waals surface area contributed by atoms with Gasteiger partial charge < -0.3 is 0 Å². The van der Waals surface area contributed by atoms with Crippen molar-refractivity contribution in [3.63, 3.8) is 0 Å². The smallest absolute Gasteiger partial charge is 0.160 e. The van der Waals surface area contributed by atoms with Gasteiger partial charge in [-0.05, 0) is 6.42 Å². The quantitative estimate of drug-likeness (QED) is 0.444. The van der Waals surface area contributed by atoms with Crippen LogP contribution in [-0.2, 0) is 4.79 Å². The molecule has 0 bridgehead atoms. The SMILES string of the molecule is CCCCCCCCCC(=O)C=Pc1ccccc1. The molecule has 0 N–H and O–H groups in total. The summed E-state index contributed by atoms with van der Waals surface area (Å²) >= 11 is 0. The molecule has 104 valence electrons. The maximum atomic E-state index is 11.7. The van der Waals surface area contributed by atoms with Crippen molar-refractivity contribution in [3.05, 3.63) is 30.3 Å². The fraction of sp³-hybridized carbons (Fsp3) is 0.529. The van der Waals surface area contributed by atoms with Crippen LogP contribution in [0.4, 0.5) is 0 Å². The zero-order chi connectivity index (χ0) is 13.8. The van der Waals surface area contributed by atoms with Crippen molar-refractivity contribution < 1.29 is 4.79 Å². The number of unbranched alkanes of at least 4 members (excludes halogenated alkanes) is 6. The summed E-state index contributed by atoms with van der Waals surface area (Å²) in [5.74, 6) is 2.10. The summed E-state index contributed by atoms with van der Waals surface area (Å²) < 4.78 is 0. The van der Waals surface area contributed by atoms with Gasteiger partial charge in [-0.1, -0.05) is 84.0 Å². The van der Waals surface area contributed by atoms with Gasteiger partial charge in [0.2, 0.25) is 0 Å². The van der Waals surface area contributed by atoms with E-state index in [1.54, 1.807) is 0 Å². The minimum atomic E-state index is 0.291. The Balaban J connectivity index is 2.07. The average Bonchev–Trinajstić information content (AvgIpc) is 2.45. The molecule has 2 heteroatoms. The Hall–Kier alpha value is -0.940. The third-order valence-corrected chi connectivity index (χ3v) is 4.15. The van der Waals surface area contributed by atoms with Crippen molar-refractivity contribution in [2.24, 2.45) is 0 Å². The maximum Gasteiger partial charge on any atom is 0.160 e. The van der Waals surface area contributed by atoms with E-state index in [2.05, 4.69) is 19.1 Å². The molecule has 0 aliphatic rings. The second kappa shape index (κ2) is 10.9. The van der Waals surface area contributed by atoms with E-state index < -0.39 is 0 Å². The molecule has 0 unspecified atom stereocenters. The molecular weight excluding hydrogens is 251 g/mol. The fourth-order valence-corrected chi connectivity index (χ4v) is 2.75. The molecule has 0 spiro atoms. The third-order valence-electron chi connectivity index (χ3n) is 3.14. The number of hydrogen-bond donors (Lipinski definition) is 0. The van der Waals surface area contributed by atoms with Crippen LogP contribution in [0.3, 0.4) is 0 Å². The molecule has 0 fully saturated rings. The number of carbonyl (C=O) groups excluding carboxylic acids is 1. The molecule has 1 aromatic rings. The van der Waals surface area contributed by atoms with E-state index in [0.717, 1.165) is 14.6 Å². The summed E-state index contributed by atoms with van der Waals surface area (Å²) in [7, 11) is 1.03. The average molecular weight is 276 g/mol. The predicted molar refractivity (Wildman–Crippen MR) is 86.7 cm³/mol. The summed E-state index contributed by atoms with van der Waals surface area (Å²) in [5, 5.41) is 1.19. The zero-order valence-electron chi connectivity index (χ0n) is 12.0. The summed E-state index contributed by atoms with van der Waals surface area (Å²) in [5.41, 5.74) is 0. The Kier molecular flexibility index (Phi) is 9.27. The van der Waals surface area contributed by atoms with Crippen LogP contribution in [0, 0.1) is 0 Å². The van der Waals surface area contributed by atoms with E-state index in [9.17, 15) is 4.79 Å². The first-order valence-electron chi connectivity index (χ1n) is 7.45. The van der Waals surface area contributed by atoms with Crippen LogP contribution >= 0.6 is 8.20 Å². The van der Waals surface area contributed by atoms with Crippen LogP contribution in [0.15, 0.2) is 30.3 Å². The van der Waals surface area contributed by atoms with Crippen LogP contribution in [0.2, 0.25) is 0 Å². The van der Waals surface area contributed by atoms with Crippen molar-refractivity contribution in [1.82, 2.24) is 0 Å². The van der Waals surface area contributed by atoms with E-state index in [4.69, 9.17) is 0 Å². The van der Waals surface area contributed by atoms with Gasteiger partial charge in [0.25, 0.3) is 0 Å². The second-order valence-electron chi connectivity index (χ2n) is 4.93. The normalized spacial score (nSPS) is 11.0. The Labute approximate surface area is 119 Å². The highest BCUT2D eigenvalue weighted by Gasteiger charge is 1.97. The summed E-state index contributed by atoms with van der Waals surface area (Å²) in [6, 6.07) is 10.1. The predicted octanol–water partition coefficient (Wildman–Crippen LogP) is 4.77. The van der Waals surface area contributed by atoms with Crippen LogP contribution in [0.25, 0.3) is 0 Å². The Bertz CT molecular complexity index is 370. The number of carbonyl (C=O) groups is 1. The van der Waals surface area contributed by atoms with Crippen LogP contribution in [-0.4, -0.2) is 11.6 Å². The van der Waals surface area contributed by atoms with Crippen molar-refractivity contribution in [1.29, 1.82) is 0 Å². The van der Waals surface area contributed by atoms with Crippen molar-refractivity contribution in [2.45, 2.75) is 58.3 Å². The lowest BCUT2D eigenvalue weighted by molar-refractivity contribution is -0.112. The van der Waals surface area contributed by atoms with Crippen LogP contribution in [0.1, 0.15) is 58.3 Å². The van der Waals surface area contributed by atoms with Gasteiger partial charge in [-0.15, -0.1) is 0 Å². The molecule has 0 saturated carbocycles. The lowest BCUT2D eigenvalue weighted by Gasteiger charge is -1.99. The van der Waals surface area contributed by atoms with E-state index in [1.165, 1.54) is 43.8 Å². The fourth-order valence-electron chi connectivity index (χ4n) is 1.98. The minimum absolute atomic E-state index is 0.291. The molecule has 0 radical (unpaired) electrons. The maximum absolute atomic E-state index is 11.7. The molecule has 0 aliphatic heterocycles. The number of rotatable bonds is 10. The third kappa shape index (κ3) is 8.72. The molecule has 0 heterocycles. The molecule has 0 atom stereocenters. The monoisotopic (exact) mass is 276 g/mol. The van der Waals surface area contributed by atoms with Gasteiger partial charge in [0.1, 0.15) is 0 Å². The summed E-state index contributed by atoms with van der Waals surface area (Å²) in [6.45, 7) is 2.24. The standard InChI is InChI=1S/C17H25OP/c1-2-3-4-5-6-7-9-12-16(18)15-19-17-13-10-8-11-14-17/h8,10-11,13-15H,2-7,9,12H2,1H3. The lowest BCUT2D eigenvalue weighted by atomic mass is 10.1. The first-order valence-corrected chi connectivity index (χ1v) is 8.41. The van der Waals surface area contributed by atoms with E-state index in [-0.39, 0.29) is 0 Å². The topological polar surface area (TPSA) is 17.1 Å². The zero-order valence-corrected chi connectivity index (χ0v) is 12.9. The molecule has 1 nitrogen and oxygen atoms in total. The second-order valence-corrected chi connectivity index (χ2v) is 5.96. The molecule has 0 saturated heterocycles. The number of hydrogen-bond acceptors (Lipinski definition) is 1. The number of Topliss-reactive ketones (excluding diaryl/α,β-unsaturated/α-hetero) is 1. The van der Waals surface area contributed by atoms with Crippen LogP contribution < -0.4 is 5.30 Å². The molecule has 0 amide bonds. The highest BCUT2D eigenvalue weighted by atomic mass is 31.1. The Morgan fingerprint density at radius 2 is 1.63 bits per heavy atom. The first kappa shape index (κ1) is 16.1. The van der Waals surface area contributed by atoms with Crippen molar-refractivity contribution in [3.8, 4) is 0 Å². The number of ketones is 1. The summed E-state index contributed by atoms with van der Waals surface area (Å²) in [4.78, 5) is 11.7. The van der Waals surface area contributed by atoms with Gasteiger partial charge in [0, 0.05) is 17.5 Å².